The van der Waals surface area contributed by atoms with E-state index in [1.165, 1.54) is 22.1 Å². The largest absolute Gasteiger partial charge is 0.306 e. The molecule has 2 N–H and O–H groups in total. The normalized spacial score (nSPS) is 10.8. The second-order valence-corrected chi connectivity index (χ2v) is 8.41. The predicted molar refractivity (Wildman–Crippen MR) is 130 cm³/mol. The van der Waals surface area contributed by atoms with Gasteiger partial charge in [0.2, 0.25) is 5.95 Å². The predicted octanol–water partition coefficient (Wildman–Crippen LogP) is 5.26. The highest BCUT2D eigenvalue weighted by atomic mass is 35.5. The Morgan fingerprint density at radius 2 is 1.76 bits per heavy atom. The van der Waals surface area contributed by atoms with E-state index in [4.69, 9.17) is 11.6 Å². The Kier molecular flexibility index (Phi) is 5.60. The fraction of sp³-hybridized carbons (Fsp3) is 0. The number of hydrogen-bond acceptors (Lipinski definition) is 5. The maximum atomic E-state index is 12.9. The van der Waals surface area contributed by atoms with Crippen molar-refractivity contribution in [2.75, 3.05) is 5.32 Å². The van der Waals surface area contributed by atoms with Crippen molar-refractivity contribution in [1.82, 2.24) is 19.7 Å². The summed E-state index contributed by atoms with van der Waals surface area (Å²) in [5, 5.41) is 9.73. The van der Waals surface area contributed by atoms with Gasteiger partial charge in [0, 0.05) is 17.7 Å². The first kappa shape index (κ1) is 20.9. The molecule has 0 atom stereocenters. The summed E-state index contributed by atoms with van der Waals surface area (Å²) in [5.74, 6) is 0.122. The van der Waals surface area contributed by atoms with Crippen LogP contribution in [-0.2, 0) is 0 Å². The van der Waals surface area contributed by atoms with E-state index in [1.54, 1.807) is 30.3 Å². The van der Waals surface area contributed by atoms with Crippen LogP contribution in [0.4, 0.5) is 5.82 Å². The summed E-state index contributed by atoms with van der Waals surface area (Å²) in [5.41, 5.74) is 1.90. The number of amides is 1. The Labute approximate surface area is 197 Å². The number of H-pyrrole nitrogens is 1. The van der Waals surface area contributed by atoms with Crippen molar-refractivity contribution in [2.45, 2.75) is 0 Å². The van der Waals surface area contributed by atoms with Crippen LogP contribution in [0, 0.1) is 0 Å². The van der Waals surface area contributed by atoms with E-state index in [1.807, 2.05) is 47.8 Å². The van der Waals surface area contributed by atoms with Crippen LogP contribution in [0.2, 0.25) is 5.02 Å². The first-order chi connectivity index (χ1) is 16.1. The van der Waals surface area contributed by atoms with Gasteiger partial charge in [-0.15, -0.1) is 11.3 Å². The van der Waals surface area contributed by atoms with Gasteiger partial charge >= 0.3 is 0 Å². The van der Waals surface area contributed by atoms with E-state index >= 15 is 0 Å². The maximum absolute atomic E-state index is 12.9. The number of nitrogens with one attached hydrogen (secondary N) is 2. The van der Waals surface area contributed by atoms with Crippen LogP contribution in [0.1, 0.15) is 10.4 Å². The number of carbonyl (C=O) groups is 1. The zero-order chi connectivity index (χ0) is 22.8. The molecule has 3 aromatic heterocycles. The second-order valence-electron chi connectivity index (χ2n) is 7.06. The molecule has 0 saturated heterocycles. The average Bonchev–Trinajstić information content (AvgIpc) is 3.50. The van der Waals surface area contributed by atoms with Crippen molar-refractivity contribution in [3.05, 3.63) is 105 Å². The fourth-order valence-corrected chi connectivity index (χ4v) is 4.21. The van der Waals surface area contributed by atoms with Crippen LogP contribution < -0.4 is 10.9 Å². The van der Waals surface area contributed by atoms with Gasteiger partial charge in [-0.2, -0.15) is 9.78 Å². The number of rotatable bonds is 5. The lowest BCUT2D eigenvalue weighted by Crippen LogP contribution is -2.19. The topological polar surface area (TPSA) is 92.7 Å². The summed E-state index contributed by atoms with van der Waals surface area (Å²) in [7, 11) is 0. The van der Waals surface area contributed by atoms with E-state index < -0.39 is 5.91 Å². The molecule has 0 spiro atoms. The number of carbonyl (C=O) groups excluding carboxylic acids is 1. The van der Waals surface area contributed by atoms with Crippen molar-refractivity contribution in [3.63, 3.8) is 0 Å². The Balaban J connectivity index is 1.61. The third kappa shape index (κ3) is 4.34. The number of hydrogen-bond donors (Lipinski definition) is 2. The van der Waals surface area contributed by atoms with Gasteiger partial charge in [0.15, 0.2) is 0 Å². The van der Waals surface area contributed by atoms with Gasteiger partial charge in [-0.05, 0) is 23.6 Å². The lowest BCUT2D eigenvalue weighted by Gasteiger charge is -2.10. The Morgan fingerprint density at radius 1 is 0.970 bits per heavy atom. The number of benzene rings is 2. The van der Waals surface area contributed by atoms with Crippen molar-refractivity contribution < 1.29 is 4.79 Å². The van der Waals surface area contributed by atoms with Crippen LogP contribution in [0.25, 0.3) is 27.8 Å². The molecule has 0 aliphatic carbocycles. The highest BCUT2D eigenvalue weighted by molar-refractivity contribution is 7.13. The molecular weight excluding hydrogens is 458 g/mol. The van der Waals surface area contributed by atoms with Crippen LogP contribution in [0.5, 0.6) is 0 Å². The highest BCUT2D eigenvalue weighted by Gasteiger charge is 2.18. The maximum Gasteiger partial charge on any atom is 0.258 e. The Morgan fingerprint density at radius 3 is 2.52 bits per heavy atom. The molecule has 5 rings (SSSR count). The molecule has 0 unspecified atom stereocenters. The van der Waals surface area contributed by atoms with Gasteiger partial charge in [-0.25, -0.2) is 4.98 Å². The molecule has 1 amide bonds. The number of aromatic nitrogens is 4. The number of anilines is 1. The first-order valence-corrected chi connectivity index (χ1v) is 11.2. The standard InChI is InChI=1S/C24H16ClN5O2S/c25-17-10-5-4-9-16(17)23(32)27-21-13-19(20-11-6-12-33-20)29-30(21)24-26-18(14-22(31)28-24)15-7-2-1-3-8-15/h1-14H,(H,27,32)(H,26,28,31). The molecule has 0 saturated carbocycles. The van der Waals surface area contributed by atoms with Crippen molar-refractivity contribution >= 4 is 34.7 Å². The van der Waals surface area contributed by atoms with Gasteiger partial charge in [-0.1, -0.05) is 60.1 Å². The van der Waals surface area contributed by atoms with Crippen LogP contribution in [-0.4, -0.2) is 25.7 Å². The molecule has 0 aliphatic heterocycles. The van der Waals surface area contributed by atoms with E-state index in [9.17, 15) is 9.59 Å². The number of thiophene rings is 1. The molecule has 2 aromatic carbocycles. The summed E-state index contributed by atoms with van der Waals surface area (Å²) >= 11 is 7.71. The zero-order valence-electron chi connectivity index (χ0n) is 17.0. The van der Waals surface area contributed by atoms with E-state index in [-0.39, 0.29) is 11.5 Å². The molecule has 0 bridgehead atoms. The average molecular weight is 474 g/mol. The van der Waals surface area contributed by atoms with Gasteiger partial charge in [0.1, 0.15) is 11.5 Å². The van der Waals surface area contributed by atoms with Gasteiger partial charge in [0.25, 0.3) is 11.5 Å². The third-order valence-electron chi connectivity index (χ3n) is 4.84. The quantitative estimate of drug-likeness (QED) is 0.364. The summed E-state index contributed by atoms with van der Waals surface area (Å²) < 4.78 is 1.41. The van der Waals surface area contributed by atoms with E-state index in [2.05, 4.69) is 20.4 Å². The summed E-state index contributed by atoms with van der Waals surface area (Å²) in [6.45, 7) is 0. The fourth-order valence-electron chi connectivity index (χ4n) is 3.31. The number of nitrogens with zero attached hydrogens (tertiary/aromatic N) is 3. The minimum Gasteiger partial charge on any atom is -0.306 e. The van der Waals surface area contributed by atoms with Crippen LogP contribution in [0.3, 0.4) is 0 Å². The molecule has 0 radical (unpaired) electrons. The minimum absolute atomic E-state index is 0.179. The summed E-state index contributed by atoms with van der Waals surface area (Å²) in [6, 6.07) is 23.1. The van der Waals surface area contributed by atoms with Crippen LogP contribution in [0.15, 0.2) is 89.0 Å². The molecule has 33 heavy (non-hydrogen) atoms. The van der Waals surface area contributed by atoms with Crippen molar-refractivity contribution in [1.29, 1.82) is 0 Å². The lowest BCUT2D eigenvalue weighted by molar-refractivity contribution is 0.102. The van der Waals surface area contributed by atoms with Gasteiger partial charge in [-0.3, -0.25) is 14.6 Å². The molecule has 0 fully saturated rings. The van der Waals surface area contributed by atoms with Gasteiger partial charge < -0.3 is 5.32 Å². The second kappa shape index (κ2) is 8.85. The zero-order valence-corrected chi connectivity index (χ0v) is 18.6. The van der Waals surface area contributed by atoms with Crippen molar-refractivity contribution in [2.24, 2.45) is 0 Å². The molecule has 0 aliphatic rings. The van der Waals surface area contributed by atoms with E-state index in [0.29, 0.717) is 27.8 Å². The minimum atomic E-state index is -0.402. The smallest absolute Gasteiger partial charge is 0.258 e. The lowest BCUT2D eigenvalue weighted by atomic mass is 10.1. The van der Waals surface area contributed by atoms with Gasteiger partial charge in [0.05, 0.1) is 21.2 Å². The molecule has 3 heterocycles. The summed E-state index contributed by atoms with van der Waals surface area (Å²) in [4.78, 5) is 33.6. The Bertz CT molecular complexity index is 1490. The number of halogens is 1. The van der Waals surface area contributed by atoms with Crippen molar-refractivity contribution in [3.8, 4) is 27.8 Å². The molecule has 162 valence electrons. The molecule has 5 aromatic rings. The SMILES string of the molecule is O=C(Nc1cc(-c2cccs2)nn1-c1nc(-c2ccccc2)cc(=O)[nH]1)c1ccccc1Cl. The first-order valence-electron chi connectivity index (χ1n) is 9.95. The summed E-state index contributed by atoms with van der Waals surface area (Å²) in [6.07, 6.45) is 0. The highest BCUT2D eigenvalue weighted by Crippen LogP contribution is 2.28. The molecule has 9 heteroatoms. The Hall–Kier alpha value is -4.01. The molecule has 7 nitrogen and oxygen atoms in total. The van der Waals surface area contributed by atoms with Crippen LogP contribution >= 0.6 is 22.9 Å². The monoisotopic (exact) mass is 473 g/mol. The van der Waals surface area contributed by atoms with E-state index in [0.717, 1.165) is 10.4 Å². The molecular formula is C24H16ClN5O2S. The number of aromatic amines is 1. The third-order valence-corrected chi connectivity index (χ3v) is 6.06.